The second-order valence-corrected chi connectivity index (χ2v) is 6.27. The van der Waals surface area contributed by atoms with Gasteiger partial charge >= 0.3 is 0 Å². The normalized spacial score (nSPS) is 21.0. The average molecular weight is 291 g/mol. The van der Waals surface area contributed by atoms with E-state index in [0.29, 0.717) is 0 Å². The third-order valence-corrected chi connectivity index (χ3v) is 3.95. The molecule has 0 aliphatic carbocycles. The van der Waals surface area contributed by atoms with Gasteiger partial charge in [0.25, 0.3) is 11.5 Å². The van der Waals surface area contributed by atoms with Gasteiger partial charge in [-0.05, 0) is 51.3 Å². The summed E-state index contributed by atoms with van der Waals surface area (Å²) in [6, 6.07) is 3.36. The minimum Gasteiger partial charge on any atom is -0.348 e. The van der Waals surface area contributed by atoms with E-state index in [2.05, 4.69) is 22.1 Å². The number of amides is 1. The molecule has 5 nitrogen and oxygen atoms in total. The van der Waals surface area contributed by atoms with Crippen molar-refractivity contribution in [2.24, 2.45) is 5.92 Å². The van der Waals surface area contributed by atoms with Crippen LogP contribution in [0.3, 0.4) is 0 Å². The quantitative estimate of drug-likeness (QED) is 0.884. The van der Waals surface area contributed by atoms with Crippen molar-refractivity contribution < 1.29 is 4.79 Å². The summed E-state index contributed by atoms with van der Waals surface area (Å²) >= 11 is 0. The van der Waals surface area contributed by atoms with Crippen molar-refractivity contribution in [3.05, 3.63) is 33.7 Å². The van der Waals surface area contributed by atoms with Crippen molar-refractivity contribution in [1.82, 2.24) is 15.2 Å². The van der Waals surface area contributed by atoms with Crippen LogP contribution in [0.5, 0.6) is 0 Å². The number of piperidine rings is 1. The molecule has 116 valence electrons. The Hall–Kier alpha value is -1.62. The van der Waals surface area contributed by atoms with Crippen LogP contribution in [0.4, 0.5) is 0 Å². The van der Waals surface area contributed by atoms with Crippen molar-refractivity contribution in [2.45, 2.75) is 39.7 Å². The van der Waals surface area contributed by atoms with Crippen LogP contribution in [0.1, 0.15) is 42.7 Å². The minimum absolute atomic E-state index is 0.0310. The number of nitrogens with one attached hydrogen (secondary N) is 2. The lowest BCUT2D eigenvalue weighted by molar-refractivity contribution is 0.0918. The van der Waals surface area contributed by atoms with E-state index in [1.807, 2.05) is 6.92 Å². The number of carbonyl (C=O) groups is 1. The van der Waals surface area contributed by atoms with Gasteiger partial charge in [0.15, 0.2) is 0 Å². The SMILES string of the molecule is Cc1ccc(C(=O)N[C@H](C)CN2CCC[C@H](C)C2)c(=O)[nH]1. The molecular weight excluding hydrogens is 266 g/mol. The van der Waals surface area contributed by atoms with Gasteiger partial charge in [-0.15, -0.1) is 0 Å². The largest absolute Gasteiger partial charge is 0.348 e. The van der Waals surface area contributed by atoms with Crippen LogP contribution >= 0.6 is 0 Å². The molecule has 5 heteroatoms. The topological polar surface area (TPSA) is 65.2 Å². The summed E-state index contributed by atoms with van der Waals surface area (Å²) in [5, 5.41) is 2.92. The minimum atomic E-state index is -0.328. The number of rotatable bonds is 4. The number of pyridine rings is 1. The maximum atomic E-state index is 12.1. The lowest BCUT2D eigenvalue weighted by Gasteiger charge is -2.32. The molecule has 1 aromatic heterocycles. The molecule has 0 bridgehead atoms. The molecule has 1 saturated heterocycles. The number of hydrogen-bond donors (Lipinski definition) is 2. The van der Waals surface area contributed by atoms with Gasteiger partial charge in [-0.25, -0.2) is 0 Å². The van der Waals surface area contributed by atoms with Gasteiger partial charge in [-0.1, -0.05) is 6.92 Å². The third-order valence-electron chi connectivity index (χ3n) is 3.95. The van der Waals surface area contributed by atoms with Gasteiger partial charge in [0.2, 0.25) is 0 Å². The molecule has 0 aromatic carbocycles. The smallest absolute Gasteiger partial charge is 0.260 e. The fourth-order valence-electron chi connectivity index (χ4n) is 2.94. The predicted molar refractivity (Wildman–Crippen MR) is 83.6 cm³/mol. The fraction of sp³-hybridized carbons (Fsp3) is 0.625. The Morgan fingerprint density at radius 3 is 2.95 bits per heavy atom. The molecule has 1 aromatic rings. The summed E-state index contributed by atoms with van der Waals surface area (Å²) in [5.74, 6) is 0.426. The Balaban J connectivity index is 1.91. The lowest BCUT2D eigenvalue weighted by atomic mass is 10.00. The highest BCUT2D eigenvalue weighted by atomic mass is 16.2. The summed E-state index contributed by atoms with van der Waals surface area (Å²) in [5.41, 5.74) is 0.609. The van der Waals surface area contributed by atoms with E-state index in [0.717, 1.165) is 31.2 Å². The molecule has 2 rings (SSSR count). The van der Waals surface area contributed by atoms with Gasteiger partial charge in [-0.2, -0.15) is 0 Å². The summed E-state index contributed by atoms with van der Waals surface area (Å²) in [7, 11) is 0. The molecule has 1 amide bonds. The van der Waals surface area contributed by atoms with Crippen LogP contribution in [-0.2, 0) is 0 Å². The average Bonchev–Trinajstić information content (AvgIpc) is 2.38. The van der Waals surface area contributed by atoms with E-state index < -0.39 is 0 Å². The molecule has 0 saturated carbocycles. The van der Waals surface area contributed by atoms with Crippen LogP contribution in [-0.4, -0.2) is 41.5 Å². The highest BCUT2D eigenvalue weighted by Gasteiger charge is 2.19. The van der Waals surface area contributed by atoms with Gasteiger partial charge in [0, 0.05) is 24.8 Å². The summed E-state index contributed by atoms with van der Waals surface area (Å²) in [4.78, 5) is 29.0. The van der Waals surface area contributed by atoms with Crippen LogP contribution in [0.2, 0.25) is 0 Å². The molecule has 1 aliphatic heterocycles. The molecular formula is C16H25N3O2. The van der Waals surface area contributed by atoms with Crippen LogP contribution in [0, 0.1) is 12.8 Å². The van der Waals surface area contributed by atoms with Crippen molar-refractivity contribution >= 4 is 5.91 Å². The van der Waals surface area contributed by atoms with Gasteiger partial charge in [-0.3, -0.25) is 9.59 Å². The third kappa shape index (κ3) is 4.43. The number of carbonyl (C=O) groups excluding carboxylic acids is 1. The summed E-state index contributed by atoms with van der Waals surface area (Å²) in [6.07, 6.45) is 2.51. The molecule has 2 heterocycles. The molecule has 2 atom stereocenters. The van der Waals surface area contributed by atoms with Crippen LogP contribution < -0.4 is 10.9 Å². The van der Waals surface area contributed by atoms with E-state index in [-0.39, 0.29) is 23.1 Å². The number of aromatic amines is 1. The second kappa shape index (κ2) is 6.89. The van der Waals surface area contributed by atoms with Crippen molar-refractivity contribution in [3.63, 3.8) is 0 Å². The number of hydrogen-bond acceptors (Lipinski definition) is 3. The summed E-state index contributed by atoms with van der Waals surface area (Å²) < 4.78 is 0. The Bertz CT molecular complexity index is 553. The zero-order chi connectivity index (χ0) is 15.4. The zero-order valence-electron chi connectivity index (χ0n) is 13.1. The van der Waals surface area contributed by atoms with E-state index >= 15 is 0 Å². The molecule has 0 spiro atoms. The Labute approximate surface area is 125 Å². The Morgan fingerprint density at radius 1 is 1.52 bits per heavy atom. The molecule has 2 N–H and O–H groups in total. The molecule has 21 heavy (non-hydrogen) atoms. The van der Waals surface area contributed by atoms with Crippen molar-refractivity contribution in [1.29, 1.82) is 0 Å². The molecule has 1 aliphatic rings. The maximum absolute atomic E-state index is 12.1. The predicted octanol–water partition coefficient (Wildman–Crippen LogP) is 1.53. The first kappa shape index (κ1) is 15.8. The van der Waals surface area contributed by atoms with Gasteiger partial charge in [0.05, 0.1) is 0 Å². The number of aryl methyl sites for hydroxylation is 1. The maximum Gasteiger partial charge on any atom is 0.260 e. The zero-order valence-corrected chi connectivity index (χ0v) is 13.1. The van der Waals surface area contributed by atoms with Gasteiger partial charge in [0.1, 0.15) is 5.56 Å². The van der Waals surface area contributed by atoms with E-state index in [9.17, 15) is 9.59 Å². The van der Waals surface area contributed by atoms with Crippen LogP contribution in [0.25, 0.3) is 0 Å². The Morgan fingerprint density at radius 2 is 2.29 bits per heavy atom. The van der Waals surface area contributed by atoms with E-state index in [1.165, 1.54) is 12.8 Å². The van der Waals surface area contributed by atoms with Crippen molar-refractivity contribution in [3.8, 4) is 0 Å². The molecule has 0 unspecified atom stereocenters. The lowest BCUT2D eigenvalue weighted by Crippen LogP contribution is -2.45. The monoisotopic (exact) mass is 291 g/mol. The highest BCUT2D eigenvalue weighted by molar-refractivity contribution is 5.93. The molecule has 1 fully saturated rings. The van der Waals surface area contributed by atoms with Crippen LogP contribution in [0.15, 0.2) is 16.9 Å². The number of likely N-dealkylation sites (tertiary alicyclic amines) is 1. The highest BCUT2D eigenvalue weighted by Crippen LogP contribution is 2.15. The number of aromatic nitrogens is 1. The summed E-state index contributed by atoms with van der Waals surface area (Å²) in [6.45, 7) is 9.06. The fourth-order valence-corrected chi connectivity index (χ4v) is 2.94. The molecule has 0 radical (unpaired) electrons. The Kier molecular flexibility index (Phi) is 5.17. The number of nitrogens with zero attached hydrogens (tertiary/aromatic N) is 1. The van der Waals surface area contributed by atoms with E-state index in [1.54, 1.807) is 19.1 Å². The van der Waals surface area contributed by atoms with E-state index in [4.69, 9.17) is 0 Å². The first-order valence-corrected chi connectivity index (χ1v) is 7.69. The first-order valence-electron chi connectivity index (χ1n) is 7.69. The first-order chi connectivity index (χ1) is 9.95. The number of H-pyrrole nitrogens is 1. The standard InChI is InChI=1S/C16H25N3O2/c1-11-5-4-8-19(9-11)10-13(3)18-16(21)14-7-6-12(2)17-15(14)20/h6-7,11,13H,4-5,8-10H2,1-3H3,(H,17,20)(H,18,21)/t11-,13+/m0/s1. The second-order valence-electron chi connectivity index (χ2n) is 6.27. The van der Waals surface area contributed by atoms with Gasteiger partial charge < -0.3 is 15.2 Å². The van der Waals surface area contributed by atoms with Crippen molar-refractivity contribution in [2.75, 3.05) is 19.6 Å².